The molecular formula is C23H33N5. The molecule has 2 atom stereocenters. The standard InChI is InChI=1S/C23H33N5/c1-6-27(17-9-7-8-16(2)10-17)20-19(24)21(26-15-25-20)28-14-23(5)12-18(28)11-22(3,4)13-23/h7-10,15,18H,6,11-14,24H2,1-5H3. The zero-order valence-corrected chi connectivity index (χ0v) is 17.9. The highest BCUT2D eigenvalue weighted by atomic mass is 15.3. The quantitative estimate of drug-likeness (QED) is 0.816. The SMILES string of the molecule is CCN(c1cccc(C)c1)c1ncnc(N2CC3(C)CC2CC(C)(C)C3)c1N. The normalized spacial score (nSPS) is 25.8. The summed E-state index contributed by atoms with van der Waals surface area (Å²) in [6.07, 6.45) is 5.35. The Morgan fingerprint density at radius 3 is 2.71 bits per heavy atom. The van der Waals surface area contributed by atoms with Crippen molar-refractivity contribution in [2.75, 3.05) is 28.6 Å². The van der Waals surface area contributed by atoms with Crippen molar-refractivity contribution in [3.05, 3.63) is 36.2 Å². The molecule has 28 heavy (non-hydrogen) atoms. The predicted molar refractivity (Wildman–Crippen MR) is 117 cm³/mol. The average Bonchev–Trinajstić information content (AvgIpc) is 2.86. The van der Waals surface area contributed by atoms with Gasteiger partial charge in [0.2, 0.25) is 0 Å². The zero-order valence-electron chi connectivity index (χ0n) is 17.9. The number of aryl methyl sites for hydroxylation is 1. The summed E-state index contributed by atoms with van der Waals surface area (Å²) in [5, 5.41) is 0. The summed E-state index contributed by atoms with van der Waals surface area (Å²) in [4.78, 5) is 13.9. The second kappa shape index (κ2) is 6.64. The van der Waals surface area contributed by atoms with Crippen LogP contribution in [-0.4, -0.2) is 29.1 Å². The molecule has 1 aliphatic carbocycles. The molecule has 1 aromatic heterocycles. The number of nitrogens with two attached hydrogens (primary N) is 1. The lowest BCUT2D eigenvalue weighted by Crippen LogP contribution is -2.35. The molecule has 150 valence electrons. The van der Waals surface area contributed by atoms with Crippen LogP contribution >= 0.6 is 0 Å². The Hall–Kier alpha value is -2.30. The molecule has 0 amide bonds. The Morgan fingerprint density at radius 1 is 1.21 bits per heavy atom. The molecule has 2 heterocycles. The molecule has 2 unspecified atom stereocenters. The van der Waals surface area contributed by atoms with E-state index >= 15 is 0 Å². The molecule has 0 radical (unpaired) electrons. The molecular weight excluding hydrogens is 346 g/mol. The Morgan fingerprint density at radius 2 is 2.00 bits per heavy atom. The third-order valence-corrected chi connectivity index (χ3v) is 6.41. The van der Waals surface area contributed by atoms with E-state index in [0.29, 0.717) is 22.6 Å². The van der Waals surface area contributed by atoms with Gasteiger partial charge in [0.05, 0.1) is 0 Å². The first-order valence-electron chi connectivity index (χ1n) is 10.4. The third-order valence-electron chi connectivity index (χ3n) is 6.41. The van der Waals surface area contributed by atoms with Crippen molar-refractivity contribution in [3.63, 3.8) is 0 Å². The first kappa shape index (κ1) is 19.0. The van der Waals surface area contributed by atoms with E-state index in [-0.39, 0.29) is 0 Å². The predicted octanol–water partition coefficient (Wildman–Crippen LogP) is 4.93. The number of anilines is 4. The monoisotopic (exact) mass is 379 g/mol. The Balaban J connectivity index is 1.72. The Bertz CT molecular complexity index is 877. The van der Waals surface area contributed by atoms with Gasteiger partial charge in [0.1, 0.15) is 12.0 Å². The maximum Gasteiger partial charge on any atom is 0.161 e. The molecule has 2 aromatic rings. The van der Waals surface area contributed by atoms with Crippen LogP contribution in [0.15, 0.2) is 30.6 Å². The second-order valence-corrected chi connectivity index (χ2v) is 9.86. The minimum Gasteiger partial charge on any atom is -0.393 e. The van der Waals surface area contributed by atoms with Gasteiger partial charge in [-0.25, -0.2) is 9.97 Å². The lowest BCUT2D eigenvalue weighted by atomic mass is 9.65. The van der Waals surface area contributed by atoms with Crippen LogP contribution in [0, 0.1) is 17.8 Å². The number of rotatable bonds is 4. The number of hydrogen-bond acceptors (Lipinski definition) is 5. The van der Waals surface area contributed by atoms with Crippen LogP contribution in [0.25, 0.3) is 0 Å². The van der Waals surface area contributed by atoms with Gasteiger partial charge in [-0.3, -0.25) is 0 Å². The Kier molecular flexibility index (Phi) is 4.52. The van der Waals surface area contributed by atoms with Gasteiger partial charge >= 0.3 is 0 Å². The minimum absolute atomic E-state index is 0.338. The molecule has 5 nitrogen and oxygen atoms in total. The number of fused-ring (bicyclic) bond motifs is 2. The van der Waals surface area contributed by atoms with Crippen LogP contribution in [0.4, 0.5) is 23.0 Å². The maximum atomic E-state index is 6.70. The van der Waals surface area contributed by atoms with Gasteiger partial charge in [-0.15, -0.1) is 0 Å². The summed E-state index contributed by atoms with van der Waals surface area (Å²) in [5.74, 6) is 1.71. The molecule has 1 saturated carbocycles. The van der Waals surface area contributed by atoms with Crippen molar-refractivity contribution < 1.29 is 0 Å². The van der Waals surface area contributed by atoms with Crippen molar-refractivity contribution in [2.24, 2.45) is 10.8 Å². The van der Waals surface area contributed by atoms with Gasteiger partial charge in [0, 0.05) is 24.8 Å². The molecule has 2 aliphatic rings. The number of aromatic nitrogens is 2. The van der Waals surface area contributed by atoms with Gasteiger partial charge < -0.3 is 15.5 Å². The van der Waals surface area contributed by atoms with E-state index in [1.165, 1.54) is 24.8 Å². The summed E-state index contributed by atoms with van der Waals surface area (Å²) in [5.41, 5.74) is 10.4. The molecule has 0 spiro atoms. The average molecular weight is 380 g/mol. The van der Waals surface area contributed by atoms with Crippen LogP contribution < -0.4 is 15.5 Å². The first-order valence-corrected chi connectivity index (χ1v) is 10.4. The number of benzene rings is 1. The van der Waals surface area contributed by atoms with E-state index < -0.39 is 0 Å². The molecule has 2 fully saturated rings. The molecule has 2 bridgehead atoms. The fourth-order valence-corrected chi connectivity index (χ4v) is 5.78. The molecule has 1 aliphatic heterocycles. The summed E-state index contributed by atoms with van der Waals surface area (Å²) in [6.45, 7) is 13.3. The topological polar surface area (TPSA) is 58.3 Å². The highest BCUT2D eigenvalue weighted by Gasteiger charge is 2.50. The minimum atomic E-state index is 0.338. The number of nitrogen functional groups attached to an aromatic ring is 1. The molecule has 1 aromatic carbocycles. The van der Waals surface area contributed by atoms with Crippen molar-refractivity contribution in [2.45, 2.75) is 59.9 Å². The summed E-state index contributed by atoms with van der Waals surface area (Å²) in [7, 11) is 0. The lowest BCUT2D eigenvalue weighted by molar-refractivity contribution is 0.136. The van der Waals surface area contributed by atoms with Gasteiger partial charge in [-0.05, 0) is 61.6 Å². The van der Waals surface area contributed by atoms with Crippen molar-refractivity contribution in [1.82, 2.24) is 9.97 Å². The van der Waals surface area contributed by atoms with E-state index in [9.17, 15) is 0 Å². The zero-order chi connectivity index (χ0) is 20.1. The smallest absolute Gasteiger partial charge is 0.161 e. The molecule has 5 heteroatoms. The highest BCUT2D eigenvalue weighted by Crippen LogP contribution is 2.54. The second-order valence-electron chi connectivity index (χ2n) is 9.86. The van der Waals surface area contributed by atoms with Gasteiger partial charge in [0.25, 0.3) is 0 Å². The maximum absolute atomic E-state index is 6.70. The lowest BCUT2D eigenvalue weighted by Gasteiger charge is -2.39. The summed E-state index contributed by atoms with van der Waals surface area (Å²) < 4.78 is 0. The van der Waals surface area contributed by atoms with Crippen LogP contribution in [0.5, 0.6) is 0 Å². The van der Waals surface area contributed by atoms with Crippen LogP contribution in [0.1, 0.15) is 52.5 Å². The van der Waals surface area contributed by atoms with E-state index in [2.05, 4.69) is 78.7 Å². The largest absolute Gasteiger partial charge is 0.393 e. The third kappa shape index (κ3) is 3.31. The van der Waals surface area contributed by atoms with Crippen LogP contribution in [0.2, 0.25) is 0 Å². The highest BCUT2D eigenvalue weighted by molar-refractivity contribution is 5.80. The van der Waals surface area contributed by atoms with Crippen molar-refractivity contribution in [3.8, 4) is 0 Å². The fourth-order valence-electron chi connectivity index (χ4n) is 5.78. The van der Waals surface area contributed by atoms with Crippen molar-refractivity contribution in [1.29, 1.82) is 0 Å². The summed E-state index contributed by atoms with van der Waals surface area (Å²) in [6, 6.07) is 8.99. The van der Waals surface area contributed by atoms with Gasteiger partial charge in [0.15, 0.2) is 11.6 Å². The number of hydrogen-bond donors (Lipinski definition) is 1. The van der Waals surface area contributed by atoms with Crippen molar-refractivity contribution >= 4 is 23.0 Å². The van der Waals surface area contributed by atoms with E-state index in [1.807, 2.05) is 0 Å². The molecule has 2 N–H and O–H groups in total. The van der Waals surface area contributed by atoms with Crippen LogP contribution in [-0.2, 0) is 0 Å². The van der Waals surface area contributed by atoms with Crippen LogP contribution in [0.3, 0.4) is 0 Å². The number of nitrogens with zero attached hydrogens (tertiary/aromatic N) is 4. The first-order chi connectivity index (χ1) is 13.2. The van der Waals surface area contributed by atoms with E-state index in [0.717, 1.165) is 30.4 Å². The fraction of sp³-hybridized carbons (Fsp3) is 0.565. The van der Waals surface area contributed by atoms with E-state index in [1.54, 1.807) is 6.33 Å². The molecule has 4 rings (SSSR count). The van der Waals surface area contributed by atoms with Gasteiger partial charge in [-0.2, -0.15) is 0 Å². The Labute approximate surface area is 169 Å². The van der Waals surface area contributed by atoms with E-state index in [4.69, 9.17) is 5.73 Å². The summed E-state index contributed by atoms with van der Waals surface area (Å²) >= 11 is 0. The molecule has 1 saturated heterocycles. The van der Waals surface area contributed by atoms with Gasteiger partial charge in [-0.1, -0.05) is 32.9 Å².